The van der Waals surface area contributed by atoms with E-state index in [2.05, 4.69) is 15.2 Å². The van der Waals surface area contributed by atoms with Gasteiger partial charge in [-0.3, -0.25) is 4.90 Å². The van der Waals surface area contributed by atoms with Crippen molar-refractivity contribution in [2.45, 2.75) is 33.0 Å². The van der Waals surface area contributed by atoms with Gasteiger partial charge in [-0.2, -0.15) is 23.3 Å². The van der Waals surface area contributed by atoms with E-state index in [1.54, 1.807) is 19.1 Å². The molecule has 3 rings (SSSR count). The first-order valence-electron chi connectivity index (χ1n) is 10.2. The number of carbonyl (C=O) groups is 1. The highest BCUT2D eigenvalue weighted by atomic mass is 35.5. The maximum Gasteiger partial charge on any atom is 0.416 e. The Labute approximate surface area is 203 Å². The van der Waals surface area contributed by atoms with Crippen LogP contribution < -0.4 is 4.90 Å². The average molecular weight is 514 g/mol. The van der Waals surface area contributed by atoms with Crippen molar-refractivity contribution in [1.29, 1.82) is 0 Å². The lowest BCUT2D eigenvalue weighted by Gasteiger charge is -2.26. The Morgan fingerprint density at radius 2 is 1.85 bits per heavy atom. The molecule has 7 nitrogen and oxygen atoms in total. The quantitative estimate of drug-likeness (QED) is 0.269. The predicted octanol–water partition coefficient (Wildman–Crippen LogP) is 6.44. The fraction of sp³-hybridized carbons (Fsp3) is 0.273. The van der Waals surface area contributed by atoms with E-state index in [9.17, 15) is 18.0 Å². The normalized spacial score (nSPS) is 11.7. The summed E-state index contributed by atoms with van der Waals surface area (Å²) in [5, 5.41) is 9.89. The van der Waals surface area contributed by atoms with Crippen LogP contribution in [-0.2, 0) is 19.1 Å². The van der Waals surface area contributed by atoms with Crippen LogP contribution in [-0.4, -0.2) is 33.9 Å². The number of alkyl halides is 3. The van der Waals surface area contributed by atoms with Crippen LogP contribution >= 0.6 is 23.2 Å². The summed E-state index contributed by atoms with van der Waals surface area (Å²) in [4.78, 5) is 18.8. The van der Waals surface area contributed by atoms with Crippen molar-refractivity contribution in [2.24, 2.45) is 5.10 Å². The summed E-state index contributed by atoms with van der Waals surface area (Å²) >= 11 is 12.1. The summed E-state index contributed by atoms with van der Waals surface area (Å²) in [5.74, 6) is 0.607. The molecule has 12 heteroatoms. The highest BCUT2D eigenvalue weighted by molar-refractivity contribution is 6.36. The predicted molar refractivity (Wildman–Crippen MR) is 123 cm³/mol. The minimum atomic E-state index is -4.48. The molecule has 2 aromatic carbocycles. The molecule has 180 valence electrons. The summed E-state index contributed by atoms with van der Waals surface area (Å²) in [5.41, 5.74) is -0.0452. The molecule has 0 fully saturated rings. The summed E-state index contributed by atoms with van der Waals surface area (Å²) in [6.07, 6.45) is -2.58. The highest BCUT2D eigenvalue weighted by Gasteiger charge is 2.31. The number of hydrogen-bond donors (Lipinski definition) is 0. The number of hydrazone groups is 1. The van der Waals surface area contributed by atoms with Crippen molar-refractivity contribution < 1.29 is 22.5 Å². The van der Waals surface area contributed by atoms with E-state index in [4.69, 9.17) is 27.7 Å². The summed E-state index contributed by atoms with van der Waals surface area (Å²) in [6.45, 7) is 3.55. The standard InChI is InChI=1S/C22H20Cl2F3N5O2/c1-3-19-29-20(34-30-19)13-32(28-12-14-5-8-16(23)11-18(14)24)21(33)31(4-2)17-9-6-15(7-10-17)22(25,26)27/h5-12H,3-4,13H2,1-2H3/b28-12+. The molecule has 0 aliphatic rings. The highest BCUT2D eigenvalue weighted by Crippen LogP contribution is 2.31. The maximum absolute atomic E-state index is 13.4. The lowest BCUT2D eigenvalue weighted by molar-refractivity contribution is -0.137. The fourth-order valence-electron chi connectivity index (χ4n) is 2.92. The number of amides is 2. The van der Waals surface area contributed by atoms with Gasteiger partial charge in [0.2, 0.25) is 5.89 Å². The second kappa shape index (κ2) is 10.9. The third-order valence-corrected chi connectivity index (χ3v) is 5.25. The average Bonchev–Trinajstić information content (AvgIpc) is 3.25. The van der Waals surface area contributed by atoms with Crippen LogP contribution in [0.1, 0.15) is 36.7 Å². The van der Waals surface area contributed by atoms with Crippen molar-refractivity contribution in [1.82, 2.24) is 15.1 Å². The van der Waals surface area contributed by atoms with Gasteiger partial charge in [0.25, 0.3) is 0 Å². The van der Waals surface area contributed by atoms with E-state index in [1.165, 1.54) is 29.3 Å². The van der Waals surface area contributed by atoms with Gasteiger partial charge < -0.3 is 4.52 Å². The van der Waals surface area contributed by atoms with E-state index in [1.807, 2.05) is 6.92 Å². The van der Waals surface area contributed by atoms with Crippen LogP contribution in [0.2, 0.25) is 10.0 Å². The number of nitrogens with zero attached hydrogens (tertiary/aromatic N) is 5. The number of hydrogen-bond acceptors (Lipinski definition) is 5. The molecule has 0 aliphatic carbocycles. The zero-order valence-electron chi connectivity index (χ0n) is 18.2. The summed E-state index contributed by atoms with van der Waals surface area (Å²) in [7, 11) is 0. The van der Waals surface area contributed by atoms with Crippen LogP contribution in [0.25, 0.3) is 0 Å². The van der Waals surface area contributed by atoms with E-state index in [0.717, 1.165) is 17.1 Å². The van der Waals surface area contributed by atoms with Gasteiger partial charge in [0.1, 0.15) is 6.54 Å². The van der Waals surface area contributed by atoms with E-state index >= 15 is 0 Å². The molecule has 3 aromatic rings. The molecule has 0 saturated heterocycles. The molecule has 2 amide bonds. The Morgan fingerprint density at radius 3 is 2.41 bits per heavy atom. The number of anilines is 1. The van der Waals surface area contributed by atoms with Gasteiger partial charge in [-0.15, -0.1) is 0 Å². The Kier molecular flexibility index (Phi) is 8.16. The van der Waals surface area contributed by atoms with Crippen molar-refractivity contribution in [3.05, 3.63) is 75.4 Å². The lowest BCUT2D eigenvalue weighted by Crippen LogP contribution is -2.40. The molecule has 1 aromatic heterocycles. The zero-order valence-corrected chi connectivity index (χ0v) is 19.7. The molecule has 0 aliphatic heterocycles. The number of carbonyl (C=O) groups excluding carboxylic acids is 1. The molecule has 0 unspecified atom stereocenters. The number of rotatable bonds is 7. The largest absolute Gasteiger partial charge is 0.416 e. The van der Waals surface area contributed by atoms with Gasteiger partial charge in [0, 0.05) is 29.2 Å². The van der Waals surface area contributed by atoms with Gasteiger partial charge in [-0.1, -0.05) is 41.3 Å². The van der Waals surface area contributed by atoms with Gasteiger partial charge in [-0.25, -0.2) is 9.80 Å². The molecule has 0 radical (unpaired) electrons. The molecule has 0 N–H and O–H groups in total. The third-order valence-electron chi connectivity index (χ3n) is 4.68. The molecule has 0 bridgehead atoms. The van der Waals surface area contributed by atoms with Crippen LogP contribution in [0.4, 0.5) is 23.7 Å². The molecular formula is C22H20Cl2F3N5O2. The molecular weight excluding hydrogens is 494 g/mol. The maximum atomic E-state index is 13.4. The minimum Gasteiger partial charge on any atom is -0.337 e. The monoisotopic (exact) mass is 513 g/mol. The number of halogens is 5. The first kappa shape index (κ1) is 25.5. The fourth-order valence-corrected chi connectivity index (χ4v) is 3.38. The Bertz CT molecular complexity index is 1170. The van der Waals surface area contributed by atoms with Crippen molar-refractivity contribution in [3.8, 4) is 0 Å². The molecule has 0 atom stereocenters. The number of urea groups is 1. The Morgan fingerprint density at radius 1 is 1.15 bits per heavy atom. The van der Waals surface area contributed by atoms with E-state index < -0.39 is 17.8 Å². The molecule has 1 heterocycles. The first-order chi connectivity index (χ1) is 16.1. The first-order valence-corrected chi connectivity index (χ1v) is 10.9. The summed E-state index contributed by atoms with van der Waals surface area (Å²) < 4.78 is 44.0. The second-order valence-electron chi connectivity index (χ2n) is 7.00. The molecule has 0 spiro atoms. The van der Waals surface area contributed by atoms with Crippen molar-refractivity contribution >= 4 is 41.1 Å². The minimum absolute atomic E-state index is 0.146. The molecule has 0 saturated carbocycles. The van der Waals surface area contributed by atoms with Crippen LogP contribution in [0.5, 0.6) is 0 Å². The Hall–Kier alpha value is -3.11. The SMILES string of the molecule is CCc1noc(CN(/N=C/c2ccc(Cl)cc2Cl)C(=O)N(CC)c2ccc(C(F)(F)F)cc2)n1. The number of benzene rings is 2. The summed E-state index contributed by atoms with van der Waals surface area (Å²) in [6, 6.07) is 8.45. The van der Waals surface area contributed by atoms with Crippen molar-refractivity contribution in [3.63, 3.8) is 0 Å². The van der Waals surface area contributed by atoms with Crippen LogP contribution in [0.15, 0.2) is 52.1 Å². The zero-order chi connectivity index (χ0) is 24.9. The Balaban J connectivity index is 1.92. The van der Waals surface area contributed by atoms with Crippen LogP contribution in [0.3, 0.4) is 0 Å². The topological polar surface area (TPSA) is 74.8 Å². The molecule has 34 heavy (non-hydrogen) atoms. The van der Waals surface area contributed by atoms with Gasteiger partial charge in [-0.05, 0) is 43.3 Å². The number of aryl methyl sites for hydroxylation is 1. The van der Waals surface area contributed by atoms with Crippen molar-refractivity contribution in [2.75, 3.05) is 11.4 Å². The third kappa shape index (κ3) is 6.27. The second-order valence-corrected chi connectivity index (χ2v) is 7.84. The van der Waals surface area contributed by atoms with Gasteiger partial charge in [0.05, 0.1) is 16.8 Å². The van der Waals surface area contributed by atoms with Gasteiger partial charge >= 0.3 is 12.2 Å². The van der Waals surface area contributed by atoms with E-state index in [-0.39, 0.29) is 24.7 Å². The van der Waals surface area contributed by atoms with Crippen LogP contribution in [0, 0.1) is 0 Å². The smallest absolute Gasteiger partial charge is 0.337 e. The van der Waals surface area contributed by atoms with Gasteiger partial charge in [0.15, 0.2) is 5.82 Å². The lowest BCUT2D eigenvalue weighted by atomic mass is 10.2. The van der Waals surface area contributed by atoms with E-state index in [0.29, 0.717) is 27.9 Å². The number of aromatic nitrogens is 2.